The van der Waals surface area contributed by atoms with Gasteiger partial charge in [0, 0.05) is 6.54 Å². The summed E-state index contributed by atoms with van der Waals surface area (Å²) in [5.41, 5.74) is 6.10. The lowest BCUT2D eigenvalue weighted by atomic mass is 10.2. The van der Waals surface area contributed by atoms with E-state index in [1.165, 1.54) is 17.1 Å². The predicted molar refractivity (Wildman–Crippen MR) is 91.7 cm³/mol. The first kappa shape index (κ1) is 17.5. The van der Waals surface area contributed by atoms with Crippen LogP contribution in [0.4, 0.5) is 9.18 Å². The molecule has 2 rings (SSSR count). The number of unbranched alkanes of at least 4 members (excludes halogenated alkanes) is 1. The van der Waals surface area contributed by atoms with Gasteiger partial charge in [0.2, 0.25) is 0 Å². The Labute approximate surface area is 140 Å². The van der Waals surface area contributed by atoms with E-state index in [0.717, 1.165) is 18.4 Å². The summed E-state index contributed by atoms with van der Waals surface area (Å²) in [6, 6.07) is 12.4. The maximum Gasteiger partial charge on any atom is 0.335 e. The molecule has 24 heavy (non-hydrogen) atoms. The van der Waals surface area contributed by atoms with E-state index in [2.05, 4.69) is 5.10 Å². The van der Waals surface area contributed by atoms with Gasteiger partial charge in [-0.15, -0.1) is 0 Å². The molecule has 0 heterocycles. The molecule has 6 heteroatoms. The third-order valence-electron chi connectivity index (χ3n) is 3.25. The second-order valence-corrected chi connectivity index (χ2v) is 5.18. The predicted octanol–water partition coefficient (Wildman–Crippen LogP) is 4.13. The zero-order valence-corrected chi connectivity index (χ0v) is 13.5. The highest BCUT2D eigenvalue weighted by Gasteiger charge is 2.06. The number of hydrazone groups is 1. The average Bonchev–Trinajstić information content (AvgIpc) is 2.58. The first-order valence-corrected chi connectivity index (χ1v) is 7.73. The summed E-state index contributed by atoms with van der Waals surface area (Å²) in [5.74, 6) is 0.866. The lowest BCUT2D eigenvalue weighted by molar-refractivity contribution is 0.209. The highest BCUT2D eigenvalue weighted by molar-refractivity contribution is 5.81. The van der Waals surface area contributed by atoms with Crippen LogP contribution in [0.25, 0.3) is 0 Å². The molecule has 2 amide bonds. The van der Waals surface area contributed by atoms with Crippen molar-refractivity contribution in [3.05, 3.63) is 59.9 Å². The smallest absolute Gasteiger partial charge is 0.335 e. The van der Waals surface area contributed by atoms with E-state index >= 15 is 0 Å². The molecular weight excluding hydrogens is 309 g/mol. The van der Waals surface area contributed by atoms with Crippen LogP contribution in [0.2, 0.25) is 0 Å². The molecule has 0 aliphatic carbocycles. The van der Waals surface area contributed by atoms with Gasteiger partial charge in [-0.25, -0.2) is 14.2 Å². The van der Waals surface area contributed by atoms with E-state index in [1.54, 1.807) is 42.6 Å². The minimum Gasteiger partial charge on any atom is -0.457 e. The molecule has 2 aromatic carbocycles. The molecule has 2 aromatic rings. The van der Waals surface area contributed by atoms with Gasteiger partial charge in [0.25, 0.3) is 0 Å². The zero-order valence-electron chi connectivity index (χ0n) is 13.5. The Balaban J connectivity index is 1.99. The number of urea groups is 1. The topological polar surface area (TPSA) is 67.9 Å². The number of carbonyl (C=O) groups is 1. The second-order valence-electron chi connectivity index (χ2n) is 5.18. The molecule has 0 saturated heterocycles. The van der Waals surface area contributed by atoms with Crippen molar-refractivity contribution >= 4 is 12.2 Å². The summed E-state index contributed by atoms with van der Waals surface area (Å²) < 4.78 is 18.5. The van der Waals surface area contributed by atoms with Gasteiger partial charge < -0.3 is 10.5 Å². The molecule has 0 saturated carbocycles. The number of nitrogens with zero attached hydrogens (tertiary/aromatic N) is 2. The number of halogens is 1. The minimum absolute atomic E-state index is 0.309. The van der Waals surface area contributed by atoms with E-state index in [0.29, 0.717) is 18.0 Å². The Kier molecular flexibility index (Phi) is 6.31. The molecule has 0 bridgehead atoms. The Morgan fingerprint density at radius 3 is 2.29 bits per heavy atom. The maximum atomic E-state index is 12.9. The maximum absolute atomic E-state index is 12.9. The van der Waals surface area contributed by atoms with Crippen molar-refractivity contribution in [1.82, 2.24) is 5.01 Å². The van der Waals surface area contributed by atoms with Crippen LogP contribution in [-0.4, -0.2) is 23.8 Å². The SMILES string of the molecule is CCCCN(N=Cc1ccc(Oc2ccc(F)cc2)cc1)C(N)=O. The minimum atomic E-state index is -0.573. The number of benzene rings is 2. The second kappa shape index (κ2) is 8.67. The van der Waals surface area contributed by atoms with E-state index in [4.69, 9.17) is 10.5 Å². The van der Waals surface area contributed by atoms with E-state index in [-0.39, 0.29) is 5.82 Å². The molecule has 0 fully saturated rings. The van der Waals surface area contributed by atoms with Crippen molar-refractivity contribution in [3.63, 3.8) is 0 Å². The van der Waals surface area contributed by atoms with Gasteiger partial charge in [0.05, 0.1) is 6.21 Å². The number of carbonyl (C=O) groups excluding carboxylic acids is 1. The first-order chi connectivity index (χ1) is 11.6. The molecule has 0 unspecified atom stereocenters. The quantitative estimate of drug-likeness (QED) is 0.613. The molecule has 0 aromatic heterocycles. The number of hydrogen-bond donors (Lipinski definition) is 1. The van der Waals surface area contributed by atoms with Crippen LogP contribution in [0.1, 0.15) is 25.3 Å². The van der Waals surface area contributed by atoms with Gasteiger partial charge in [-0.1, -0.05) is 13.3 Å². The fraction of sp³-hybridized carbons (Fsp3) is 0.222. The van der Waals surface area contributed by atoms with Gasteiger partial charge in [0.15, 0.2) is 0 Å². The number of ether oxygens (including phenoxy) is 1. The van der Waals surface area contributed by atoms with Crippen molar-refractivity contribution in [2.75, 3.05) is 6.54 Å². The third-order valence-corrected chi connectivity index (χ3v) is 3.25. The number of hydrogen-bond acceptors (Lipinski definition) is 3. The summed E-state index contributed by atoms with van der Waals surface area (Å²) in [7, 11) is 0. The van der Waals surface area contributed by atoms with Crippen LogP contribution in [0.3, 0.4) is 0 Å². The molecule has 126 valence electrons. The summed E-state index contributed by atoms with van der Waals surface area (Å²) in [6.45, 7) is 2.52. The normalized spacial score (nSPS) is 10.8. The molecule has 0 spiro atoms. The highest BCUT2D eigenvalue weighted by atomic mass is 19.1. The first-order valence-electron chi connectivity index (χ1n) is 7.73. The lowest BCUT2D eigenvalue weighted by Crippen LogP contribution is -2.32. The fourth-order valence-electron chi connectivity index (χ4n) is 1.93. The number of nitrogens with two attached hydrogens (primary N) is 1. The van der Waals surface area contributed by atoms with Crippen LogP contribution in [0, 0.1) is 5.82 Å². The van der Waals surface area contributed by atoms with Crippen LogP contribution in [-0.2, 0) is 0 Å². The average molecular weight is 329 g/mol. The summed E-state index contributed by atoms with van der Waals surface area (Å²) >= 11 is 0. The Morgan fingerprint density at radius 1 is 1.17 bits per heavy atom. The molecule has 2 N–H and O–H groups in total. The molecular formula is C18H20FN3O2. The molecule has 0 aliphatic rings. The standard InChI is InChI=1S/C18H20FN3O2/c1-2-3-12-22(18(20)23)21-13-14-4-8-16(9-5-14)24-17-10-6-15(19)7-11-17/h4-11,13H,2-3,12H2,1H3,(H2,20,23). The number of amides is 2. The summed E-state index contributed by atoms with van der Waals surface area (Å²) in [4.78, 5) is 11.3. The molecule has 0 atom stereocenters. The van der Waals surface area contributed by atoms with Crippen molar-refractivity contribution in [2.45, 2.75) is 19.8 Å². The lowest BCUT2D eigenvalue weighted by Gasteiger charge is -2.13. The van der Waals surface area contributed by atoms with Crippen LogP contribution < -0.4 is 10.5 Å². The van der Waals surface area contributed by atoms with Gasteiger partial charge in [0.1, 0.15) is 17.3 Å². The van der Waals surface area contributed by atoms with Gasteiger partial charge in [-0.05, 0) is 60.5 Å². The Morgan fingerprint density at radius 2 is 1.75 bits per heavy atom. The monoisotopic (exact) mass is 329 g/mol. The summed E-state index contributed by atoms with van der Waals surface area (Å²) in [5, 5.41) is 5.35. The van der Waals surface area contributed by atoms with Gasteiger partial charge >= 0.3 is 6.03 Å². The largest absolute Gasteiger partial charge is 0.457 e. The fourth-order valence-corrected chi connectivity index (χ4v) is 1.93. The van der Waals surface area contributed by atoms with E-state index in [1.807, 2.05) is 6.92 Å². The van der Waals surface area contributed by atoms with Gasteiger partial charge in [-0.3, -0.25) is 0 Å². The number of primary amides is 1. The molecule has 0 aliphatic heterocycles. The van der Waals surface area contributed by atoms with E-state index < -0.39 is 6.03 Å². The van der Waals surface area contributed by atoms with Crippen LogP contribution in [0.5, 0.6) is 11.5 Å². The highest BCUT2D eigenvalue weighted by Crippen LogP contribution is 2.21. The van der Waals surface area contributed by atoms with Crippen molar-refractivity contribution in [3.8, 4) is 11.5 Å². The Hall–Kier alpha value is -2.89. The Bertz CT molecular complexity index is 684. The van der Waals surface area contributed by atoms with Crippen LogP contribution >= 0.6 is 0 Å². The zero-order chi connectivity index (χ0) is 17.4. The molecule has 5 nitrogen and oxygen atoms in total. The van der Waals surface area contributed by atoms with Crippen molar-refractivity contribution in [2.24, 2.45) is 10.8 Å². The van der Waals surface area contributed by atoms with Crippen molar-refractivity contribution in [1.29, 1.82) is 0 Å². The number of rotatable bonds is 7. The van der Waals surface area contributed by atoms with Crippen molar-refractivity contribution < 1.29 is 13.9 Å². The summed E-state index contributed by atoms with van der Waals surface area (Å²) in [6.07, 6.45) is 3.36. The van der Waals surface area contributed by atoms with E-state index in [9.17, 15) is 9.18 Å². The van der Waals surface area contributed by atoms with Gasteiger partial charge in [-0.2, -0.15) is 5.10 Å². The molecule has 0 radical (unpaired) electrons. The van der Waals surface area contributed by atoms with Crippen LogP contribution in [0.15, 0.2) is 53.6 Å². The third kappa shape index (κ3) is 5.39.